The first-order valence-corrected chi connectivity index (χ1v) is 5.26. The zero-order chi connectivity index (χ0) is 12.3. The van der Waals surface area contributed by atoms with Gasteiger partial charge in [-0.25, -0.2) is 4.79 Å². The Hall–Kier alpha value is -0.970. The second kappa shape index (κ2) is 5.39. The van der Waals surface area contributed by atoms with Gasteiger partial charge in [0.2, 0.25) is 0 Å². The quantitative estimate of drug-likeness (QED) is 0.880. The summed E-state index contributed by atoms with van der Waals surface area (Å²) in [6, 6.07) is 4.66. The minimum absolute atomic E-state index is 0.324. The molecular weight excluding hydrogens is 253 g/mol. The Morgan fingerprint density at radius 1 is 1.44 bits per heavy atom. The number of hydrogen-bond donors (Lipinski definition) is 2. The lowest BCUT2D eigenvalue weighted by Gasteiger charge is -2.18. The molecule has 1 rings (SSSR count). The molecule has 1 aromatic carbocycles. The average Bonchev–Trinajstić information content (AvgIpc) is 2.20. The Labute approximate surface area is 103 Å². The van der Waals surface area contributed by atoms with E-state index in [1.807, 2.05) is 0 Å². The van der Waals surface area contributed by atoms with Gasteiger partial charge in [-0.05, 0) is 24.6 Å². The molecule has 1 aromatic rings. The van der Waals surface area contributed by atoms with E-state index in [0.717, 1.165) is 0 Å². The van der Waals surface area contributed by atoms with Crippen LogP contribution in [-0.2, 0) is 4.74 Å². The van der Waals surface area contributed by atoms with Gasteiger partial charge in [-0.1, -0.05) is 29.3 Å². The summed E-state index contributed by atoms with van der Waals surface area (Å²) in [6.45, 7) is 1.53. The fraction of sp³-hybridized carbons (Fsp3) is 0.300. The zero-order valence-electron chi connectivity index (χ0n) is 8.48. The van der Waals surface area contributed by atoms with Gasteiger partial charge in [-0.2, -0.15) is 0 Å². The van der Waals surface area contributed by atoms with E-state index >= 15 is 0 Å². The van der Waals surface area contributed by atoms with Crippen LogP contribution in [0.25, 0.3) is 0 Å². The standard InChI is InChI=1S/C10H11Cl2NO3/c1-5(16-10(13)15)9(14)6-2-3-7(11)8(12)4-6/h2-5,9,14H,1H3,(H2,13,15)/t5-,9+/m1/s1. The lowest BCUT2D eigenvalue weighted by molar-refractivity contribution is 0.0158. The Morgan fingerprint density at radius 2 is 2.06 bits per heavy atom. The molecule has 0 aliphatic heterocycles. The fourth-order valence-electron chi connectivity index (χ4n) is 1.22. The van der Waals surface area contributed by atoms with Crippen LogP contribution in [0.5, 0.6) is 0 Å². The maximum Gasteiger partial charge on any atom is 0.404 e. The second-order valence-electron chi connectivity index (χ2n) is 3.26. The number of halogens is 2. The highest BCUT2D eigenvalue weighted by molar-refractivity contribution is 6.42. The van der Waals surface area contributed by atoms with E-state index in [0.29, 0.717) is 15.6 Å². The number of amides is 1. The molecule has 4 nitrogen and oxygen atoms in total. The molecule has 6 heteroatoms. The van der Waals surface area contributed by atoms with Crippen LogP contribution in [0.3, 0.4) is 0 Å². The molecule has 0 spiro atoms. The number of nitrogens with two attached hydrogens (primary N) is 1. The number of carbonyl (C=O) groups is 1. The van der Waals surface area contributed by atoms with Crippen molar-refractivity contribution in [2.45, 2.75) is 19.1 Å². The third-order valence-electron chi connectivity index (χ3n) is 2.03. The minimum atomic E-state index is -0.998. The van der Waals surface area contributed by atoms with Crippen molar-refractivity contribution in [1.29, 1.82) is 0 Å². The van der Waals surface area contributed by atoms with Crippen LogP contribution in [0.2, 0.25) is 10.0 Å². The van der Waals surface area contributed by atoms with Crippen LogP contribution in [0, 0.1) is 0 Å². The van der Waals surface area contributed by atoms with Gasteiger partial charge in [0, 0.05) is 0 Å². The highest BCUT2D eigenvalue weighted by Gasteiger charge is 2.19. The lowest BCUT2D eigenvalue weighted by Crippen LogP contribution is -2.25. The number of carbonyl (C=O) groups excluding carboxylic acids is 1. The molecule has 0 aliphatic carbocycles. The van der Waals surface area contributed by atoms with Crippen molar-refractivity contribution in [3.63, 3.8) is 0 Å². The summed E-state index contributed by atoms with van der Waals surface area (Å²) in [7, 11) is 0. The van der Waals surface area contributed by atoms with Gasteiger partial charge in [0.1, 0.15) is 12.2 Å². The van der Waals surface area contributed by atoms with Gasteiger partial charge in [0.05, 0.1) is 10.0 Å². The number of aliphatic hydroxyl groups excluding tert-OH is 1. The molecule has 0 aromatic heterocycles. The predicted molar refractivity (Wildman–Crippen MR) is 61.6 cm³/mol. The van der Waals surface area contributed by atoms with Gasteiger partial charge in [-0.15, -0.1) is 0 Å². The molecule has 2 atom stereocenters. The normalized spacial score (nSPS) is 14.2. The maximum absolute atomic E-state index is 10.5. The SMILES string of the molecule is C[C@@H](OC(N)=O)[C@H](O)c1ccc(Cl)c(Cl)c1. The van der Waals surface area contributed by atoms with E-state index in [2.05, 4.69) is 4.74 Å². The minimum Gasteiger partial charge on any atom is -0.444 e. The highest BCUT2D eigenvalue weighted by atomic mass is 35.5. The molecule has 88 valence electrons. The van der Waals surface area contributed by atoms with Gasteiger partial charge in [-0.3, -0.25) is 0 Å². The Kier molecular flexibility index (Phi) is 4.41. The highest BCUT2D eigenvalue weighted by Crippen LogP contribution is 2.27. The van der Waals surface area contributed by atoms with Gasteiger partial charge >= 0.3 is 6.09 Å². The van der Waals surface area contributed by atoms with Gasteiger partial charge in [0.15, 0.2) is 0 Å². The van der Waals surface area contributed by atoms with Crippen LogP contribution in [-0.4, -0.2) is 17.3 Å². The van der Waals surface area contributed by atoms with E-state index in [4.69, 9.17) is 28.9 Å². The number of aliphatic hydroxyl groups is 1. The third-order valence-corrected chi connectivity index (χ3v) is 2.77. The van der Waals surface area contributed by atoms with E-state index in [1.54, 1.807) is 12.1 Å². The average molecular weight is 264 g/mol. The van der Waals surface area contributed by atoms with Crippen LogP contribution < -0.4 is 5.73 Å². The largest absolute Gasteiger partial charge is 0.444 e. The molecule has 0 fully saturated rings. The predicted octanol–water partition coefficient (Wildman–Crippen LogP) is 2.51. The van der Waals surface area contributed by atoms with Crippen LogP contribution in [0.1, 0.15) is 18.6 Å². The molecule has 0 aliphatic rings. The van der Waals surface area contributed by atoms with Crippen molar-refractivity contribution >= 4 is 29.3 Å². The summed E-state index contributed by atoms with van der Waals surface area (Å²) >= 11 is 11.5. The van der Waals surface area contributed by atoms with Crippen LogP contribution in [0.4, 0.5) is 4.79 Å². The number of primary amides is 1. The molecule has 16 heavy (non-hydrogen) atoms. The molecule has 0 bridgehead atoms. The lowest BCUT2D eigenvalue weighted by atomic mass is 10.1. The molecule has 0 unspecified atom stereocenters. The van der Waals surface area contributed by atoms with E-state index in [1.165, 1.54) is 13.0 Å². The Morgan fingerprint density at radius 3 is 2.56 bits per heavy atom. The summed E-state index contributed by atoms with van der Waals surface area (Å²) in [4.78, 5) is 10.5. The summed E-state index contributed by atoms with van der Waals surface area (Å²) in [5.41, 5.74) is 5.35. The third kappa shape index (κ3) is 3.27. The van der Waals surface area contributed by atoms with Crippen molar-refractivity contribution < 1.29 is 14.6 Å². The first-order chi connectivity index (χ1) is 7.41. The van der Waals surface area contributed by atoms with Crippen molar-refractivity contribution in [3.05, 3.63) is 33.8 Å². The van der Waals surface area contributed by atoms with E-state index in [9.17, 15) is 9.90 Å². The summed E-state index contributed by atoms with van der Waals surface area (Å²) in [5, 5.41) is 10.5. The van der Waals surface area contributed by atoms with Crippen molar-refractivity contribution in [2.24, 2.45) is 5.73 Å². The molecule has 0 saturated carbocycles. The number of ether oxygens (including phenoxy) is 1. The molecular formula is C10H11Cl2NO3. The molecule has 0 heterocycles. The summed E-state index contributed by atoms with van der Waals surface area (Å²) in [6.07, 6.45) is -2.69. The van der Waals surface area contributed by atoms with Gasteiger partial charge in [0.25, 0.3) is 0 Å². The number of hydrogen-bond acceptors (Lipinski definition) is 3. The van der Waals surface area contributed by atoms with E-state index < -0.39 is 18.3 Å². The number of benzene rings is 1. The van der Waals surface area contributed by atoms with Crippen LogP contribution >= 0.6 is 23.2 Å². The summed E-state index contributed by atoms with van der Waals surface area (Å²) < 4.78 is 4.65. The molecule has 0 saturated heterocycles. The number of rotatable bonds is 3. The topological polar surface area (TPSA) is 72.5 Å². The van der Waals surface area contributed by atoms with Crippen LogP contribution in [0.15, 0.2) is 18.2 Å². The first-order valence-electron chi connectivity index (χ1n) is 4.51. The monoisotopic (exact) mass is 263 g/mol. The maximum atomic E-state index is 10.5. The molecule has 1 amide bonds. The fourth-order valence-corrected chi connectivity index (χ4v) is 1.52. The Balaban J connectivity index is 2.83. The van der Waals surface area contributed by atoms with Crippen molar-refractivity contribution in [3.8, 4) is 0 Å². The van der Waals surface area contributed by atoms with Gasteiger partial charge < -0.3 is 15.6 Å². The smallest absolute Gasteiger partial charge is 0.404 e. The summed E-state index contributed by atoms with van der Waals surface area (Å²) in [5.74, 6) is 0. The van der Waals surface area contributed by atoms with Crippen molar-refractivity contribution in [2.75, 3.05) is 0 Å². The second-order valence-corrected chi connectivity index (χ2v) is 4.07. The van der Waals surface area contributed by atoms with Crippen molar-refractivity contribution in [1.82, 2.24) is 0 Å². The Bertz CT molecular complexity index is 398. The molecule has 0 radical (unpaired) electrons. The first kappa shape index (κ1) is 13.1. The molecule has 3 N–H and O–H groups in total. The van der Waals surface area contributed by atoms with E-state index in [-0.39, 0.29) is 0 Å². The zero-order valence-corrected chi connectivity index (χ0v) is 10.00.